The van der Waals surface area contributed by atoms with Crippen LogP contribution in [0.15, 0.2) is 28.7 Å². The van der Waals surface area contributed by atoms with Gasteiger partial charge in [-0.3, -0.25) is 10.2 Å². The summed E-state index contributed by atoms with van der Waals surface area (Å²) in [6.45, 7) is 0. The highest BCUT2D eigenvalue weighted by atomic mass is 79.9. The zero-order valence-corrected chi connectivity index (χ0v) is 10.5. The van der Waals surface area contributed by atoms with Gasteiger partial charge in [-0.1, -0.05) is 34.1 Å². The summed E-state index contributed by atoms with van der Waals surface area (Å²) < 4.78 is 1.06. The normalized spacial score (nSPS) is 10.4. The number of rotatable bonds is 4. The third-order valence-electron chi connectivity index (χ3n) is 1.93. The molecule has 0 bridgehead atoms. The van der Waals surface area contributed by atoms with Crippen molar-refractivity contribution in [3.05, 3.63) is 34.3 Å². The van der Waals surface area contributed by atoms with Crippen molar-refractivity contribution >= 4 is 21.8 Å². The second-order valence-corrected chi connectivity index (χ2v) is 4.38. The Hall–Kier alpha value is -0.870. The van der Waals surface area contributed by atoms with Crippen LogP contribution in [0.4, 0.5) is 0 Å². The molecule has 0 aliphatic carbocycles. The number of carbonyl (C=O) groups excluding carboxylic acids is 1. The first-order valence-electron chi connectivity index (χ1n) is 4.80. The van der Waals surface area contributed by atoms with E-state index in [0.29, 0.717) is 6.42 Å². The lowest BCUT2D eigenvalue weighted by molar-refractivity contribution is -0.124. The molecule has 1 N–H and O–H groups in total. The van der Waals surface area contributed by atoms with E-state index in [1.165, 1.54) is 0 Å². The van der Waals surface area contributed by atoms with E-state index in [0.717, 1.165) is 16.5 Å². The minimum absolute atomic E-state index is 0.0377. The van der Waals surface area contributed by atoms with Gasteiger partial charge in [-0.25, -0.2) is 5.01 Å². The van der Waals surface area contributed by atoms with Crippen molar-refractivity contribution in [1.82, 2.24) is 10.4 Å². The maximum Gasteiger partial charge on any atom is 0.234 e. The zero-order chi connectivity index (χ0) is 11.3. The van der Waals surface area contributed by atoms with Gasteiger partial charge in [0.1, 0.15) is 0 Å². The van der Waals surface area contributed by atoms with Gasteiger partial charge < -0.3 is 0 Å². The number of amides is 1. The molecular formula is C11H15BrN2O. The predicted molar refractivity (Wildman–Crippen MR) is 64.3 cm³/mol. The Morgan fingerprint density at radius 2 is 2.07 bits per heavy atom. The number of nitrogens with one attached hydrogen (secondary N) is 1. The van der Waals surface area contributed by atoms with Gasteiger partial charge in [0.25, 0.3) is 0 Å². The molecule has 0 spiro atoms. The quantitative estimate of drug-likeness (QED) is 0.849. The first-order chi connectivity index (χ1) is 7.09. The minimum atomic E-state index is 0.0377. The number of hydrogen-bond acceptors (Lipinski definition) is 2. The number of nitrogens with zero attached hydrogens (tertiary/aromatic N) is 1. The van der Waals surface area contributed by atoms with Crippen LogP contribution in [0.3, 0.4) is 0 Å². The number of halogens is 1. The molecule has 1 aromatic carbocycles. The van der Waals surface area contributed by atoms with Gasteiger partial charge in [-0.15, -0.1) is 0 Å². The van der Waals surface area contributed by atoms with Crippen molar-refractivity contribution in [2.24, 2.45) is 0 Å². The van der Waals surface area contributed by atoms with Crippen LogP contribution >= 0.6 is 15.9 Å². The van der Waals surface area contributed by atoms with E-state index in [1.807, 2.05) is 24.3 Å². The van der Waals surface area contributed by atoms with Crippen molar-refractivity contribution in [2.45, 2.75) is 12.8 Å². The van der Waals surface area contributed by atoms with Crippen molar-refractivity contribution in [3.8, 4) is 0 Å². The number of hydrazine groups is 1. The highest BCUT2D eigenvalue weighted by Gasteiger charge is 2.04. The molecule has 0 radical (unpaired) electrons. The summed E-state index contributed by atoms with van der Waals surface area (Å²) >= 11 is 3.46. The lowest BCUT2D eigenvalue weighted by Crippen LogP contribution is -2.36. The molecule has 0 unspecified atom stereocenters. The van der Waals surface area contributed by atoms with E-state index in [2.05, 4.69) is 21.4 Å². The van der Waals surface area contributed by atoms with E-state index >= 15 is 0 Å². The fourth-order valence-electron chi connectivity index (χ4n) is 1.25. The van der Waals surface area contributed by atoms with Crippen LogP contribution in [0.1, 0.15) is 12.0 Å². The van der Waals surface area contributed by atoms with Gasteiger partial charge in [-0.05, 0) is 18.1 Å². The molecule has 0 saturated carbocycles. The number of benzene rings is 1. The number of aryl methyl sites for hydroxylation is 1. The first kappa shape index (κ1) is 12.2. The first-order valence-corrected chi connectivity index (χ1v) is 5.59. The molecule has 0 aliphatic rings. The van der Waals surface area contributed by atoms with Crippen molar-refractivity contribution in [2.75, 3.05) is 14.1 Å². The van der Waals surface area contributed by atoms with Crippen molar-refractivity contribution in [3.63, 3.8) is 0 Å². The second-order valence-electron chi connectivity index (χ2n) is 3.52. The average molecular weight is 271 g/mol. The summed E-state index contributed by atoms with van der Waals surface area (Å²) in [6, 6.07) is 7.95. The smallest absolute Gasteiger partial charge is 0.234 e. The summed E-state index contributed by atoms with van der Waals surface area (Å²) in [5.41, 5.74) is 3.87. The lowest BCUT2D eigenvalue weighted by atomic mass is 10.1. The Bertz CT molecular complexity index is 339. The molecular weight excluding hydrogens is 256 g/mol. The van der Waals surface area contributed by atoms with Crippen LogP contribution in [0, 0.1) is 0 Å². The molecule has 1 rings (SSSR count). The van der Waals surface area contributed by atoms with E-state index < -0.39 is 0 Å². The molecule has 1 aromatic rings. The van der Waals surface area contributed by atoms with Gasteiger partial charge in [0.15, 0.2) is 0 Å². The Morgan fingerprint density at radius 3 is 2.67 bits per heavy atom. The second kappa shape index (κ2) is 5.88. The van der Waals surface area contributed by atoms with Crippen molar-refractivity contribution in [1.29, 1.82) is 0 Å². The lowest BCUT2D eigenvalue weighted by Gasteiger charge is -2.11. The molecule has 0 saturated heterocycles. The zero-order valence-electron chi connectivity index (χ0n) is 8.96. The molecule has 0 heterocycles. The van der Waals surface area contributed by atoms with Crippen LogP contribution in [-0.4, -0.2) is 25.0 Å². The van der Waals surface area contributed by atoms with Gasteiger partial charge in [0.05, 0.1) is 0 Å². The Morgan fingerprint density at radius 1 is 1.40 bits per heavy atom. The maximum atomic E-state index is 11.4. The number of hydrogen-bond donors (Lipinski definition) is 1. The van der Waals surface area contributed by atoms with Gasteiger partial charge in [0.2, 0.25) is 5.91 Å². The fraction of sp³-hybridized carbons (Fsp3) is 0.364. The average Bonchev–Trinajstić information content (AvgIpc) is 2.15. The minimum Gasteiger partial charge on any atom is -0.289 e. The Kier molecular flexibility index (Phi) is 4.78. The Labute approximate surface area is 98.6 Å². The fourth-order valence-corrected chi connectivity index (χ4v) is 1.74. The third kappa shape index (κ3) is 4.44. The third-order valence-corrected chi connectivity index (χ3v) is 2.70. The van der Waals surface area contributed by atoms with E-state index in [9.17, 15) is 4.79 Å². The molecule has 15 heavy (non-hydrogen) atoms. The van der Waals surface area contributed by atoms with E-state index in [1.54, 1.807) is 19.1 Å². The standard InChI is InChI=1S/C11H15BrN2O/c1-14(2)13-11(15)8-7-9-5-3-4-6-10(9)12/h3-6H,7-8H2,1-2H3,(H,13,15). The predicted octanol–water partition coefficient (Wildman–Crippen LogP) is 1.97. The van der Waals surface area contributed by atoms with Gasteiger partial charge in [0, 0.05) is 25.0 Å². The summed E-state index contributed by atoms with van der Waals surface area (Å²) in [4.78, 5) is 11.4. The van der Waals surface area contributed by atoms with Crippen LogP contribution < -0.4 is 5.43 Å². The van der Waals surface area contributed by atoms with Crippen molar-refractivity contribution < 1.29 is 4.79 Å². The highest BCUT2D eigenvalue weighted by molar-refractivity contribution is 9.10. The molecule has 0 aliphatic heterocycles. The molecule has 0 fully saturated rings. The summed E-state index contributed by atoms with van der Waals surface area (Å²) in [6.07, 6.45) is 1.25. The monoisotopic (exact) mass is 270 g/mol. The summed E-state index contributed by atoms with van der Waals surface area (Å²) in [7, 11) is 3.60. The van der Waals surface area contributed by atoms with Gasteiger partial charge >= 0.3 is 0 Å². The van der Waals surface area contributed by atoms with Crippen LogP contribution in [-0.2, 0) is 11.2 Å². The molecule has 1 amide bonds. The summed E-state index contributed by atoms with van der Waals surface area (Å²) in [5.74, 6) is 0.0377. The molecule has 82 valence electrons. The Balaban J connectivity index is 2.44. The topological polar surface area (TPSA) is 32.3 Å². The van der Waals surface area contributed by atoms with E-state index in [4.69, 9.17) is 0 Å². The molecule has 3 nitrogen and oxygen atoms in total. The SMILES string of the molecule is CN(C)NC(=O)CCc1ccccc1Br. The molecule has 0 atom stereocenters. The number of carbonyl (C=O) groups is 1. The molecule has 0 aromatic heterocycles. The summed E-state index contributed by atoms with van der Waals surface area (Å²) in [5, 5.41) is 1.66. The largest absolute Gasteiger partial charge is 0.289 e. The van der Waals surface area contributed by atoms with E-state index in [-0.39, 0.29) is 5.91 Å². The van der Waals surface area contributed by atoms with Crippen LogP contribution in [0.25, 0.3) is 0 Å². The van der Waals surface area contributed by atoms with Crippen LogP contribution in [0.2, 0.25) is 0 Å². The maximum absolute atomic E-state index is 11.4. The highest BCUT2D eigenvalue weighted by Crippen LogP contribution is 2.17. The molecule has 4 heteroatoms. The van der Waals surface area contributed by atoms with Gasteiger partial charge in [-0.2, -0.15) is 0 Å². The van der Waals surface area contributed by atoms with Crippen LogP contribution in [0.5, 0.6) is 0 Å².